The molecule has 2 aromatic heterocycles. The van der Waals surface area contributed by atoms with Gasteiger partial charge in [-0.3, -0.25) is 0 Å². The van der Waals surface area contributed by atoms with Crippen molar-refractivity contribution in [1.82, 2.24) is 0 Å². The summed E-state index contributed by atoms with van der Waals surface area (Å²) in [7, 11) is 0. The van der Waals surface area contributed by atoms with Gasteiger partial charge < -0.3 is 10.2 Å². The van der Waals surface area contributed by atoms with E-state index in [1.807, 2.05) is 6.07 Å². The maximum Gasteiger partial charge on any atom is 0.108 e. The van der Waals surface area contributed by atoms with Crippen LogP contribution < -0.4 is 5.73 Å². The molecule has 0 saturated carbocycles. The van der Waals surface area contributed by atoms with E-state index in [-0.39, 0.29) is 6.04 Å². The Morgan fingerprint density at radius 1 is 1.47 bits per heavy atom. The molecular formula is C12H15NOS. The molecule has 0 saturated heterocycles. The van der Waals surface area contributed by atoms with Crippen LogP contribution in [0.2, 0.25) is 0 Å². The number of aryl methyl sites for hydroxylation is 1. The first kappa shape index (κ1) is 10.5. The molecule has 1 atom stereocenters. The van der Waals surface area contributed by atoms with E-state index >= 15 is 0 Å². The lowest BCUT2D eigenvalue weighted by atomic mass is 10.0. The van der Waals surface area contributed by atoms with Crippen LogP contribution in [0.25, 0.3) is 0 Å². The molecule has 2 heterocycles. The van der Waals surface area contributed by atoms with Gasteiger partial charge in [0, 0.05) is 29.3 Å². The van der Waals surface area contributed by atoms with Gasteiger partial charge >= 0.3 is 0 Å². The highest BCUT2D eigenvalue weighted by Crippen LogP contribution is 2.23. The third-order valence-corrected chi connectivity index (χ3v) is 3.40. The number of hydrogen-bond acceptors (Lipinski definition) is 3. The van der Waals surface area contributed by atoms with E-state index in [2.05, 4.69) is 24.4 Å². The fourth-order valence-corrected chi connectivity index (χ4v) is 2.49. The Labute approximate surface area is 93.7 Å². The third kappa shape index (κ3) is 2.30. The molecule has 0 aliphatic heterocycles. The minimum absolute atomic E-state index is 0.0531. The van der Waals surface area contributed by atoms with Gasteiger partial charge in [0.25, 0.3) is 0 Å². The molecule has 80 valence electrons. The average molecular weight is 221 g/mol. The second-order valence-corrected chi connectivity index (χ2v) is 4.57. The number of hydrogen-bond donors (Lipinski definition) is 1. The number of nitrogens with two attached hydrogens (primary N) is 1. The quantitative estimate of drug-likeness (QED) is 0.861. The van der Waals surface area contributed by atoms with Crippen molar-refractivity contribution in [2.24, 2.45) is 5.73 Å². The van der Waals surface area contributed by atoms with Gasteiger partial charge in [0.2, 0.25) is 0 Å². The molecule has 0 aliphatic rings. The highest BCUT2D eigenvalue weighted by Gasteiger charge is 2.13. The molecule has 0 aliphatic carbocycles. The molecule has 0 aromatic carbocycles. The summed E-state index contributed by atoms with van der Waals surface area (Å²) in [6.45, 7) is 2.08. The molecular weight excluding hydrogens is 206 g/mol. The Bertz CT molecular complexity index is 405. The Morgan fingerprint density at radius 2 is 2.33 bits per heavy atom. The monoisotopic (exact) mass is 221 g/mol. The lowest BCUT2D eigenvalue weighted by Gasteiger charge is -2.09. The average Bonchev–Trinajstić information content (AvgIpc) is 2.86. The molecule has 2 aromatic rings. The lowest BCUT2D eigenvalue weighted by Crippen LogP contribution is -2.13. The smallest absolute Gasteiger partial charge is 0.108 e. The molecule has 3 heteroatoms. The molecule has 2 N–H and O–H groups in total. The van der Waals surface area contributed by atoms with E-state index in [4.69, 9.17) is 10.2 Å². The van der Waals surface area contributed by atoms with E-state index in [1.54, 1.807) is 17.6 Å². The summed E-state index contributed by atoms with van der Waals surface area (Å²) in [5.74, 6) is 1.01. The maximum atomic E-state index is 6.15. The first-order valence-corrected chi connectivity index (χ1v) is 6.03. The van der Waals surface area contributed by atoms with Gasteiger partial charge in [0.05, 0.1) is 6.26 Å². The van der Waals surface area contributed by atoms with Gasteiger partial charge in [0.15, 0.2) is 0 Å². The van der Waals surface area contributed by atoms with E-state index in [9.17, 15) is 0 Å². The van der Waals surface area contributed by atoms with E-state index < -0.39 is 0 Å². The maximum absolute atomic E-state index is 6.15. The predicted molar refractivity (Wildman–Crippen MR) is 63.0 cm³/mol. The molecule has 1 unspecified atom stereocenters. The van der Waals surface area contributed by atoms with Crippen molar-refractivity contribution in [3.8, 4) is 0 Å². The zero-order chi connectivity index (χ0) is 10.7. The molecule has 2 nitrogen and oxygen atoms in total. The molecule has 0 spiro atoms. The largest absolute Gasteiger partial charge is 0.469 e. The fourth-order valence-electron chi connectivity index (χ4n) is 1.72. The van der Waals surface area contributed by atoms with Gasteiger partial charge in [0.1, 0.15) is 5.76 Å². The van der Waals surface area contributed by atoms with Crippen LogP contribution in [0.3, 0.4) is 0 Å². The molecule has 15 heavy (non-hydrogen) atoms. The summed E-state index contributed by atoms with van der Waals surface area (Å²) in [5, 5.41) is 2.08. The van der Waals surface area contributed by atoms with Crippen molar-refractivity contribution in [3.63, 3.8) is 0 Å². The van der Waals surface area contributed by atoms with E-state index in [0.29, 0.717) is 0 Å². The molecule has 0 amide bonds. The SMILES string of the molecule is CCc1occc1C(N)Cc1cccs1. The fraction of sp³-hybridized carbons (Fsp3) is 0.333. The summed E-state index contributed by atoms with van der Waals surface area (Å²) >= 11 is 1.75. The first-order chi connectivity index (χ1) is 7.31. The second kappa shape index (κ2) is 4.64. The van der Waals surface area contributed by atoms with Crippen molar-refractivity contribution < 1.29 is 4.42 Å². The summed E-state index contributed by atoms with van der Waals surface area (Å²) < 4.78 is 5.38. The summed E-state index contributed by atoms with van der Waals surface area (Å²) in [4.78, 5) is 1.32. The van der Waals surface area contributed by atoms with Crippen LogP contribution in [-0.4, -0.2) is 0 Å². The van der Waals surface area contributed by atoms with Crippen LogP contribution in [0.5, 0.6) is 0 Å². The van der Waals surface area contributed by atoms with Crippen molar-refractivity contribution in [3.05, 3.63) is 46.0 Å². The second-order valence-electron chi connectivity index (χ2n) is 3.54. The minimum atomic E-state index is 0.0531. The number of rotatable bonds is 4. The van der Waals surface area contributed by atoms with Gasteiger partial charge in [-0.2, -0.15) is 0 Å². The van der Waals surface area contributed by atoms with Crippen LogP contribution in [0.1, 0.15) is 29.2 Å². The molecule has 2 rings (SSSR count). The topological polar surface area (TPSA) is 39.2 Å². The van der Waals surface area contributed by atoms with Gasteiger partial charge in [-0.1, -0.05) is 13.0 Å². The highest BCUT2D eigenvalue weighted by atomic mass is 32.1. The van der Waals surface area contributed by atoms with Crippen LogP contribution in [0, 0.1) is 0 Å². The Morgan fingerprint density at radius 3 is 3.00 bits per heavy atom. The van der Waals surface area contributed by atoms with E-state index in [1.165, 1.54) is 4.88 Å². The third-order valence-electron chi connectivity index (χ3n) is 2.50. The standard InChI is InChI=1S/C12H15NOS/c1-2-12-10(5-6-14-12)11(13)8-9-4-3-7-15-9/h3-7,11H,2,8,13H2,1H3. The molecule has 0 bridgehead atoms. The summed E-state index contributed by atoms with van der Waals surface area (Å²) in [6.07, 6.45) is 3.52. The van der Waals surface area contributed by atoms with Crippen LogP contribution >= 0.6 is 11.3 Å². The lowest BCUT2D eigenvalue weighted by molar-refractivity contribution is 0.505. The first-order valence-electron chi connectivity index (χ1n) is 5.15. The normalized spacial score (nSPS) is 12.9. The van der Waals surface area contributed by atoms with Crippen LogP contribution in [0.4, 0.5) is 0 Å². The van der Waals surface area contributed by atoms with Crippen molar-refractivity contribution in [2.75, 3.05) is 0 Å². The number of thiophene rings is 1. The number of furan rings is 1. The summed E-state index contributed by atoms with van der Waals surface area (Å²) in [6, 6.07) is 6.22. The Kier molecular flexibility index (Phi) is 3.23. The molecule has 0 radical (unpaired) electrons. The minimum Gasteiger partial charge on any atom is -0.469 e. The highest BCUT2D eigenvalue weighted by molar-refractivity contribution is 7.09. The van der Waals surface area contributed by atoms with Crippen molar-refractivity contribution in [1.29, 1.82) is 0 Å². The van der Waals surface area contributed by atoms with Gasteiger partial charge in [-0.05, 0) is 17.5 Å². The Balaban J connectivity index is 2.11. The van der Waals surface area contributed by atoms with Gasteiger partial charge in [-0.15, -0.1) is 11.3 Å². The van der Waals surface area contributed by atoms with E-state index in [0.717, 1.165) is 24.2 Å². The molecule has 0 fully saturated rings. The van der Waals surface area contributed by atoms with Crippen molar-refractivity contribution in [2.45, 2.75) is 25.8 Å². The van der Waals surface area contributed by atoms with Crippen LogP contribution in [-0.2, 0) is 12.8 Å². The van der Waals surface area contributed by atoms with Crippen LogP contribution in [0.15, 0.2) is 34.3 Å². The zero-order valence-electron chi connectivity index (χ0n) is 8.77. The van der Waals surface area contributed by atoms with Crippen molar-refractivity contribution >= 4 is 11.3 Å². The summed E-state index contributed by atoms with van der Waals surface area (Å²) in [5.41, 5.74) is 7.30. The Hall–Kier alpha value is -1.06. The zero-order valence-corrected chi connectivity index (χ0v) is 9.59. The predicted octanol–water partition coefficient (Wildman–Crippen LogP) is 3.15. The van der Waals surface area contributed by atoms with Gasteiger partial charge in [-0.25, -0.2) is 0 Å².